The van der Waals surface area contributed by atoms with Crippen LogP contribution < -0.4 is 16.0 Å². The minimum Gasteiger partial charge on any atom is -0.399 e. The highest BCUT2D eigenvalue weighted by Crippen LogP contribution is 2.24. The molecule has 1 aromatic heterocycles. The first-order valence-electron chi connectivity index (χ1n) is 6.68. The molecule has 0 spiro atoms. The molecule has 6 heteroatoms. The lowest BCUT2D eigenvalue weighted by Gasteiger charge is -2.19. The van der Waals surface area contributed by atoms with Gasteiger partial charge in [-0.3, -0.25) is 4.79 Å². The molecular weight excluding hydrogens is 284 g/mol. The summed E-state index contributed by atoms with van der Waals surface area (Å²) in [6.07, 6.45) is 1.81. The highest BCUT2D eigenvalue weighted by molar-refractivity contribution is 7.11. The minimum absolute atomic E-state index is 0.132. The molecule has 0 fully saturated rings. The van der Waals surface area contributed by atoms with Gasteiger partial charge in [-0.05, 0) is 32.0 Å². The van der Waals surface area contributed by atoms with Gasteiger partial charge in [0.15, 0.2) is 0 Å². The lowest BCUT2D eigenvalue weighted by molar-refractivity contribution is 0.0940. The first-order valence-corrected chi connectivity index (χ1v) is 7.50. The lowest BCUT2D eigenvalue weighted by atomic mass is 10.1. The number of amides is 1. The van der Waals surface area contributed by atoms with Crippen molar-refractivity contribution < 1.29 is 4.79 Å². The molecular formula is C15H20N4OS. The third kappa shape index (κ3) is 3.52. The smallest absolute Gasteiger partial charge is 0.254 e. The van der Waals surface area contributed by atoms with Gasteiger partial charge < -0.3 is 16.0 Å². The van der Waals surface area contributed by atoms with Crippen molar-refractivity contribution in [3.8, 4) is 0 Å². The molecule has 5 nitrogen and oxygen atoms in total. The quantitative estimate of drug-likeness (QED) is 0.852. The molecule has 1 amide bonds. The molecule has 0 saturated heterocycles. The van der Waals surface area contributed by atoms with Crippen LogP contribution in [0.1, 0.15) is 33.2 Å². The van der Waals surface area contributed by atoms with Crippen LogP contribution in [-0.2, 0) is 0 Å². The van der Waals surface area contributed by atoms with E-state index in [2.05, 4.69) is 10.3 Å². The van der Waals surface area contributed by atoms with Crippen LogP contribution in [0.15, 0.2) is 24.4 Å². The maximum atomic E-state index is 12.5. The van der Waals surface area contributed by atoms with Crippen molar-refractivity contribution in [3.05, 3.63) is 39.8 Å². The van der Waals surface area contributed by atoms with Gasteiger partial charge in [0, 0.05) is 36.5 Å². The number of nitrogens with one attached hydrogen (secondary N) is 1. The van der Waals surface area contributed by atoms with Gasteiger partial charge in [0.1, 0.15) is 5.01 Å². The number of anilines is 2. The highest BCUT2D eigenvalue weighted by atomic mass is 32.1. The topological polar surface area (TPSA) is 71.2 Å². The Bertz CT molecular complexity index is 651. The van der Waals surface area contributed by atoms with Crippen LogP contribution in [0.4, 0.5) is 11.4 Å². The Morgan fingerprint density at radius 2 is 2.14 bits per heavy atom. The number of hydrogen-bond donors (Lipinski definition) is 2. The van der Waals surface area contributed by atoms with Crippen LogP contribution in [0.25, 0.3) is 0 Å². The van der Waals surface area contributed by atoms with E-state index in [-0.39, 0.29) is 11.9 Å². The number of aryl methyl sites for hydroxylation is 1. The number of hydrogen-bond acceptors (Lipinski definition) is 5. The Hall–Kier alpha value is -2.08. The molecule has 1 heterocycles. The van der Waals surface area contributed by atoms with Gasteiger partial charge in [-0.25, -0.2) is 4.98 Å². The minimum atomic E-state index is -0.147. The first kappa shape index (κ1) is 15.3. The maximum Gasteiger partial charge on any atom is 0.254 e. The zero-order chi connectivity index (χ0) is 15.6. The van der Waals surface area contributed by atoms with E-state index >= 15 is 0 Å². The largest absolute Gasteiger partial charge is 0.399 e. The number of rotatable bonds is 4. The van der Waals surface area contributed by atoms with Gasteiger partial charge in [-0.2, -0.15) is 0 Å². The maximum absolute atomic E-state index is 12.5. The Balaban J connectivity index is 2.22. The number of carbonyl (C=O) groups is 1. The van der Waals surface area contributed by atoms with Gasteiger partial charge >= 0.3 is 0 Å². The van der Waals surface area contributed by atoms with Crippen molar-refractivity contribution >= 4 is 28.6 Å². The molecule has 0 bridgehead atoms. The molecule has 1 unspecified atom stereocenters. The molecule has 1 atom stereocenters. The highest BCUT2D eigenvalue weighted by Gasteiger charge is 2.17. The summed E-state index contributed by atoms with van der Waals surface area (Å²) in [7, 11) is 3.80. The number of nitrogens with two attached hydrogens (primary N) is 1. The van der Waals surface area contributed by atoms with Crippen molar-refractivity contribution in [3.63, 3.8) is 0 Å². The van der Waals surface area contributed by atoms with Crippen LogP contribution in [-0.4, -0.2) is 25.0 Å². The summed E-state index contributed by atoms with van der Waals surface area (Å²) in [4.78, 5) is 19.8. The second-order valence-electron chi connectivity index (χ2n) is 5.18. The van der Waals surface area contributed by atoms with Crippen LogP contribution in [0.3, 0.4) is 0 Å². The summed E-state index contributed by atoms with van der Waals surface area (Å²) in [6.45, 7) is 3.93. The molecule has 0 aliphatic heterocycles. The van der Waals surface area contributed by atoms with Crippen LogP contribution in [0.5, 0.6) is 0 Å². The predicted molar refractivity (Wildman–Crippen MR) is 87.9 cm³/mol. The van der Waals surface area contributed by atoms with Crippen molar-refractivity contribution in [2.45, 2.75) is 19.9 Å². The second-order valence-corrected chi connectivity index (χ2v) is 6.44. The number of nitrogens with zero attached hydrogens (tertiary/aromatic N) is 2. The summed E-state index contributed by atoms with van der Waals surface area (Å²) in [5, 5.41) is 3.87. The van der Waals surface area contributed by atoms with Gasteiger partial charge in [0.2, 0.25) is 0 Å². The Morgan fingerprint density at radius 3 is 2.71 bits per heavy atom. The third-order valence-corrected chi connectivity index (χ3v) is 4.20. The average molecular weight is 304 g/mol. The van der Waals surface area contributed by atoms with E-state index in [9.17, 15) is 4.79 Å². The molecule has 1 aromatic carbocycles. The fourth-order valence-electron chi connectivity index (χ4n) is 2.03. The average Bonchev–Trinajstić information content (AvgIpc) is 2.85. The van der Waals surface area contributed by atoms with Gasteiger partial charge in [-0.15, -0.1) is 11.3 Å². The number of benzene rings is 1. The fraction of sp³-hybridized carbons (Fsp3) is 0.333. The monoisotopic (exact) mass is 304 g/mol. The van der Waals surface area contributed by atoms with E-state index in [1.165, 1.54) is 0 Å². The molecule has 0 aliphatic rings. The molecule has 112 valence electrons. The standard InChI is InChI=1S/C15H20N4OS/c1-9-8-17-15(21-9)10(2)18-14(20)12-7-11(16)5-6-13(12)19(3)4/h5-8,10H,16H2,1-4H3,(H,18,20). The van der Waals surface area contributed by atoms with Crippen LogP contribution >= 0.6 is 11.3 Å². The van der Waals surface area contributed by atoms with Crippen LogP contribution in [0.2, 0.25) is 0 Å². The summed E-state index contributed by atoms with van der Waals surface area (Å²) < 4.78 is 0. The Morgan fingerprint density at radius 1 is 1.43 bits per heavy atom. The number of carbonyl (C=O) groups excluding carboxylic acids is 1. The van der Waals surface area contributed by atoms with E-state index in [1.54, 1.807) is 23.5 Å². The van der Waals surface area contributed by atoms with Crippen molar-refractivity contribution in [2.75, 3.05) is 24.7 Å². The number of aromatic nitrogens is 1. The van der Waals surface area contributed by atoms with Crippen molar-refractivity contribution in [1.82, 2.24) is 10.3 Å². The molecule has 3 N–H and O–H groups in total. The molecule has 21 heavy (non-hydrogen) atoms. The third-order valence-electron chi connectivity index (χ3n) is 3.10. The number of nitrogen functional groups attached to an aromatic ring is 1. The van der Waals surface area contributed by atoms with Crippen molar-refractivity contribution in [2.24, 2.45) is 0 Å². The normalized spacial score (nSPS) is 12.0. The van der Waals surface area contributed by atoms with E-state index in [1.807, 2.05) is 45.1 Å². The Kier molecular flexibility index (Phi) is 4.47. The SMILES string of the molecule is Cc1cnc(C(C)NC(=O)c2cc(N)ccc2N(C)C)s1. The summed E-state index contributed by atoms with van der Waals surface area (Å²) in [5.74, 6) is -0.147. The zero-order valence-corrected chi connectivity index (χ0v) is 13.5. The van der Waals surface area contributed by atoms with E-state index < -0.39 is 0 Å². The van der Waals surface area contributed by atoms with Crippen molar-refractivity contribution in [1.29, 1.82) is 0 Å². The summed E-state index contributed by atoms with van der Waals surface area (Å²) >= 11 is 1.59. The predicted octanol–water partition coefficient (Wildman–Crippen LogP) is 2.59. The fourth-order valence-corrected chi connectivity index (χ4v) is 2.81. The Labute approximate surface area is 128 Å². The lowest BCUT2D eigenvalue weighted by Crippen LogP contribution is -2.28. The molecule has 0 radical (unpaired) electrons. The molecule has 0 aliphatic carbocycles. The molecule has 0 saturated carbocycles. The van der Waals surface area contributed by atoms with E-state index in [4.69, 9.17) is 5.73 Å². The molecule has 2 rings (SSSR count). The summed E-state index contributed by atoms with van der Waals surface area (Å²) in [6, 6.07) is 5.21. The second kappa shape index (κ2) is 6.13. The zero-order valence-electron chi connectivity index (χ0n) is 12.7. The summed E-state index contributed by atoms with van der Waals surface area (Å²) in [5.41, 5.74) is 7.78. The first-order chi connectivity index (χ1) is 9.88. The molecule has 2 aromatic rings. The number of thiazole rings is 1. The van der Waals surface area contributed by atoms with Gasteiger partial charge in [0.25, 0.3) is 5.91 Å². The van der Waals surface area contributed by atoms with E-state index in [0.717, 1.165) is 15.6 Å². The van der Waals surface area contributed by atoms with Gasteiger partial charge in [0.05, 0.1) is 11.6 Å². The van der Waals surface area contributed by atoms with Crippen LogP contribution in [0, 0.1) is 6.92 Å². The van der Waals surface area contributed by atoms with E-state index in [0.29, 0.717) is 11.3 Å². The van der Waals surface area contributed by atoms with Gasteiger partial charge in [-0.1, -0.05) is 0 Å².